The molecule has 0 radical (unpaired) electrons. The average Bonchev–Trinajstić information content (AvgIpc) is 2.38. The van der Waals surface area contributed by atoms with Crippen LogP contribution in [-0.2, 0) is 14.6 Å². The van der Waals surface area contributed by atoms with E-state index in [0.29, 0.717) is 38.8 Å². The van der Waals surface area contributed by atoms with Gasteiger partial charge >= 0.3 is 0 Å². The molecule has 1 unspecified atom stereocenters. The molecule has 0 aliphatic carbocycles. The Bertz CT molecular complexity index is 498. The largest absolute Gasteiger partial charge is 0.341 e. The second kappa shape index (κ2) is 5.12. The van der Waals surface area contributed by atoms with Crippen LogP contribution in [0.2, 0.25) is 0 Å². The van der Waals surface area contributed by atoms with Crippen LogP contribution in [0.15, 0.2) is 0 Å². The fraction of sp³-hybridized carbons (Fsp3) is 0.846. The molecule has 0 N–H and O–H groups in total. The summed E-state index contributed by atoms with van der Waals surface area (Å²) in [6, 6.07) is 2.28. The Labute approximate surface area is 114 Å². The third-order valence-corrected chi connectivity index (χ3v) is 6.46. The lowest BCUT2D eigenvalue weighted by Gasteiger charge is -2.37. The van der Waals surface area contributed by atoms with Crippen LogP contribution in [0.1, 0.15) is 39.0 Å². The highest BCUT2D eigenvalue weighted by Gasteiger charge is 2.40. The molecule has 2 aliphatic heterocycles. The number of likely N-dealkylation sites (tertiary alicyclic amines) is 1. The van der Waals surface area contributed by atoms with E-state index in [-0.39, 0.29) is 17.1 Å². The first-order valence-corrected chi connectivity index (χ1v) is 8.51. The van der Waals surface area contributed by atoms with Gasteiger partial charge in [0.05, 0.1) is 17.2 Å². The summed E-state index contributed by atoms with van der Waals surface area (Å²) < 4.78 is 23.9. The van der Waals surface area contributed by atoms with Gasteiger partial charge < -0.3 is 4.90 Å². The van der Waals surface area contributed by atoms with E-state index in [9.17, 15) is 13.2 Å². The number of sulfone groups is 1. The Hall–Kier alpha value is -1.09. The molecule has 19 heavy (non-hydrogen) atoms. The number of amides is 1. The summed E-state index contributed by atoms with van der Waals surface area (Å²) in [5, 5.41) is 8.22. The van der Waals surface area contributed by atoms with Crippen molar-refractivity contribution >= 4 is 15.7 Å². The summed E-state index contributed by atoms with van der Waals surface area (Å²) in [6.07, 6.45) is 3.18. The summed E-state index contributed by atoms with van der Waals surface area (Å²) in [7, 11) is -3.26. The third kappa shape index (κ3) is 2.92. The van der Waals surface area contributed by atoms with E-state index < -0.39 is 15.1 Å². The van der Waals surface area contributed by atoms with Crippen LogP contribution >= 0.6 is 0 Å². The van der Waals surface area contributed by atoms with Gasteiger partial charge in [-0.3, -0.25) is 4.79 Å². The summed E-state index contributed by atoms with van der Waals surface area (Å²) in [5.74, 6) is -0.118. The third-order valence-electron chi connectivity index (χ3n) is 4.30. The van der Waals surface area contributed by atoms with Crippen molar-refractivity contribution in [2.45, 2.75) is 44.3 Å². The summed E-state index contributed by atoms with van der Waals surface area (Å²) in [4.78, 5) is 14.0. The molecule has 2 fully saturated rings. The number of piperidine rings is 1. The molecule has 2 aliphatic rings. The summed E-state index contributed by atoms with van der Waals surface area (Å²) in [5.41, 5.74) is -0.373. The molecule has 0 saturated carbocycles. The van der Waals surface area contributed by atoms with E-state index in [1.165, 1.54) is 0 Å². The minimum Gasteiger partial charge on any atom is -0.341 e. The fourth-order valence-electron chi connectivity index (χ4n) is 2.77. The van der Waals surface area contributed by atoms with E-state index in [0.717, 1.165) is 6.42 Å². The first kappa shape index (κ1) is 14.3. The van der Waals surface area contributed by atoms with Gasteiger partial charge in [0, 0.05) is 13.1 Å². The fourth-order valence-corrected chi connectivity index (χ4v) is 4.64. The maximum absolute atomic E-state index is 12.3. The van der Waals surface area contributed by atoms with Crippen LogP contribution in [0.25, 0.3) is 0 Å². The van der Waals surface area contributed by atoms with E-state index in [1.807, 2.05) is 6.92 Å². The molecule has 6 heteroatoms. The first-order chi connectivity index (χ1) is 8.88. The maximum atomic E-state index is 12.3. The molecule has 0 aromatic carbocycles. The normalized spacial score (nSPS) is 29.5. The lowest BCUT2D eigenvalue weighted by atomic mass is 9.82. The quantitative estimate of drug-likeness (QED) is 0.722. The Morgan fingerprint density at radius 3 is 2.47 bits per heavy atom. The first-order valence-electron chi connectivity index (χ1n) is 6.80. The van der Waals surface area contributed by atoms with Gasteiger partial charge in [0.2, 0.25) is 5.91 Å². The molecule has 0 bridgehead atoms. The molecule has 5 nitrogen and oxygen atoms in total. The zero-order chi connectivity index (χ0) is 14.1. The van der Waals surface area contributed by atoms with Gasteiger partial charge in [0.15, 0.2) is 9.84 Å². The van der Waals surface area contributed by atoms with Crippen LogP contribution in [0, 0.1) is 16.7 Å². The van der Waals surface area contributed by atoms with E-state index in [4.69, 9.17) is 5.26 Å². The van der Waals surface area contributed by atoms with Crippen molar-refractivity contribution in [2.75, 3.05) is 18.8 Å². The van der Waals surface area contributed by atoms with Crippen LogP contribution in [0.4, 0.5) is 0 Å². The smallest absolute Gasteiger partial charge is 0.240 e. The lowest BCUT2D eigenvalue weighted by molar-refractivity contribution is -0.132. The van der Waals surface area contributed by atoms with Crippen molar-refractivity contribution in [2.24, 2.45) is 5.41 Å². The molecule has 2 saturated heterocycles. The predicted molar refractivity (Wildman–Crippen MR) is 71.0 cm³/mol. The lowest BCUT2D eigenvalue weighted by Crippen LogP contribution is -2.49. The summed E-state index contributed by atoms with van der Waals surface area (Å²) >= 11 is 0. The second-order valence-electron chi connectivity index (χ2n) is 5.85. The van der Waals surface area contributed by atoms with Gasteiger partial charge in [-0.1, -0.05) is 6.42 Å². The SMILES string of the molecule is CC1(C#N)CCN(C(=O)C2CCCCS2(=O)=O)CC1. The van der Waals surface area contributed by atoms with Crippen molar-refractivity contribution in [3.05, 3.63) is 0 Å². The number of rotatable bonds is 1. The Morgan fingerprint density at radius 1 is 1.32 bits per heavy atom. The van der Waals surface area contributed by atoms with E-state index >= 15 is 0 Å². The summed E-state index contributed by atoms with van der Waals surface area (Å²) in [6.45, 7) is 2.88. The van der Waals surface area contributed by atoms with Crippen molar-refractivity contribution < 1.29 is 13.2 Å². The van der Waals surface area contributed by atoms with Crippen molar-refractivity contribution in [3.63, 3.8) is 0 Å². The van der Waals surface area contributed by atoms with Crippen LogP contribution in [0.3, 0.4) is 0 Å². The predicted octanol–water partition coefficient (Wildman–Crippen LogP) is 1.11. The number of nitrogens with zero attached hydrogens (tertiary/aromatic N) is 2. The van der Waals surface area contributed by atoms with Crippen LogP contribution in [-0.4, -0.2) is 43.3 Å². The second-order valence-corrected chi connectivity index (χ2v) is 8.15. The minimum absolute atomic E-state index is 0.132. The van der Waals surface area contributed by atoms with Gasteiger partial charge in [-0.15, -0.1) is 0 Å². The molecular weight excluding hydrogens is 264 g/mol. The van der Waals surface area contributed by atoms with Gasteiger partial charge in [0.25, 0.3) is 0 Å². The van der Waals surface area contributed by atoms with Gasteiger partial charge in [-0.25, -0.2) is 8.42 Å². The number of hydrogen-bond donors (Lipinski definition) is 0. The number of carbonyl (C=O) groups is 1. The topological polar surface area (TPSA) is 78.2 Å². The van der Waals surface area contributed by atoms with E-state index in [2.05, 4.69) is 6.07 Å². The zero-order valence-electron chi connectivity index (χ0n) is 11.3. The highest BCUT2D eigenvalue weighted by Crippen LogP contribution is 2.31. The highest BCUT2D eigenvalue weighted by molar-refractivity contribution is 7.92. The van der Waals surface area contributed by atoms with Crippen LogP contribution in [0.5, 0.6) is 0 Å². The zero-order valence-corrected chi connectivity index (χ0v) is 12.1. The molecule has 0 aromatic rings. The molecule has 0 spiro atoms. The number of carbonyl (C=O) groups excluding carboxylic acids is 1. The maximum Gasteiger partial charge on any atom is 0.240 e. The molecule has 1 atom stereocenters. The van der Waals surface area contributed by atoms with Crippen LogP contribution < -0.4 is 0 Å². The van der Waals surface area contributed by atoms with Gasteiger partial charge in [-0.05, 0) is 32.6 Å². The molecule has 0 aromatic heterocycles. The Morgan fingerprint density at radius 2 is 1.95 bits per heavy atom. The molecule has 1 amide bonds. The molecule has 2 heterocycles. The monoisotopic (exact) mass is 284 g/mol. The standard InChI is InChI=1S/C13H20N2O3S/c1-13(10-14)5-7-15(8-6-13)12(16)11-4-2-3-9-19(11,17)18/h11H,2-9H2,1H3. The van der Waals surface area contributed by atoms with E-state index in [1.54, 1.807) is 4.90 Å². The molecule has 2 rings (SSSR count). The minimum atomic E-state index is -3.26. The highest BCUT2D eigenvalue weighted by atomic mass is 32.2. The Kier molecular flexibility index (Phi) is 3.86. The average molecular weight is 284 g/mol. The number of hydrogen-bond acceptors (Lipinski definition) is 4. The van der Waals surface area contributed by atoms with Gasteiger partial charge in [-0.2, -0.15) is 5.26 Å². The van der Waals surface area contributed by atoms with Gasteiger partial charge in [0.1, 0.15) is 5.25 Å². The molecular formula is C13H20N2O3S. The molecule has 106 valence electrons. The van der Waals surface area contributed by atoms with Crippen molar-refractivity contribution in [1.82, 2.24) is 4.90 Å². The number of nitriles is 1. The van der Waals surface area contributed by atoms with Crippen molar-refractivity contribution in [3.8, 4) is 6.07 Å². The van der Waals surface area contributed by atoms with Crippen molar-refractivity contribution in [1.29, 1.82) is 5.26 Å². The Balaban J connectivity index is 2.04.